The Kier molecular flexibility index (Phi) is 3.07. The van der Waals surface area contributed by atoms with Gasteiger partial charge in [-0.05, 0) is 37.5 Å². The summed E-state index contributed by atoms with van der Waals surface area (Å²) in [6, 6.07) is 5.44. The van der Waals surface area contributed by atoms with Gasteiger partial charge < -0.3 is 9.90 Å². The molecular formula is C11H14O2. The van der Waals surface area contributed by atoms with Crippen molar-refractivity contribution < 1.29 is 9.90 Å². The molecule has 2 heteroatoms. The fraction of sp³-hybridized carbons (Fsp3) is 0.364. The second kappa shape index (κ2) is 4.08. The van der Waals surface area contributed by atoms with E-state index in [4.69, 9.17) is 0 Å². The summed E-state index contributed by atoms with van der Waals surface area (Å²) in [4.78, 5) is 10.7. The second-order valence-electron chi connectivity index (χ2n) is 3.32. The third-order valence-corrected chi connectivity index (χ3v) is 2.03. The first-order valence-electron chi connectivity index (χ1n) is 4.37. The summed E-state index contributed by atoms with van der Waals surface area (Å²) in [5.41, 5.74) is 1.96. The van der Waals surface area contributed by atoms with Gasteiger partial charge in [-0.25, -0.2) is 0 Å². The molecule has 0 amide bonds. The monoisotopic (exact) mass is 178 g/mol. The molecule has 0 unspecified atom stereocenters. The van der Waals surface area contributed by atoms with E-state index >= 15 is 0 Å². The molecule has 1 rings (SSSR count). The molecule has 0 atom stereocenters. The second-order valence-corrected chi connectivity index (χ2v) is 3.32. The number of phenolic OH excluding ortho intramolecular Hbond substituents is 1. The topological polar surface area (TPSA) is 37.3 Å². The van der Waals surface area contributed by atoms with Crippen molar-refractivity contribution in [1.82, 2.24) is 0 Å². The predicted octanol–water partition coefficient (Wildman–Crippen LogP) is 2.22. The van der Waals surface area contributed by atoms with Crippen LogP contribution in [0.1, 0.15) is 24.5 Å². The minimum absolute atomic E-state index is 0.200. The predicted molar refractivity (Wildman–Crippen MR) is 51.8 cm³/mol. The highest BCUT2D eigenvalue weighted by Crippen LogP contribution is 2.17. The van der Waals surface area contributed by atoms with Crippen molar-refractivity contribution >= 4 is 5.78 Å². The smallest absolute Gasteiger partial charge is 0.130 e. The van der Waals surface area contributed by atoms with E-state index in [1.807, 2.05) is 19.1 Å². The van der Waals surface area contributed by atoms with Crippen LogP contribution in [0.5, 0.6) is 5.75 Å². The molecule has 1 N–H and O–H groups in total. The minimum Gasteiger partial charge on any atom is -0.508 e. The van der Waals surface area contributed by atoms with Crippen LogP contribution in [-0.4, -0.2) is 10.9 Å². The highest BCUT2D eigenvalue weighted by atomic mass is 16.3. The number of phenols is 1. The van der Waals surface area contributed by atoms with Crippen molar-refractivity contribution in [1.29, 1.82) is 0 Å². The zero-order valence-electron chi connectivity index (χ0n) is 8.00. The van der Waals surface area contributed by atoms with Gasteiger partial charge in [0.2, 0.25) is 0 Å². The van der Waals surface area contributed by atoms with E-state index in [1.54, 1.807) is 13.0 Å². The van der Waals surface area contributed by atoms with Crippen LogP contribution in [0.25, 0.3) is 0 Å². The quantitative estimate of drug-likeness (QED) is 0.770. The lowest BCUT2D eigenvalue weighted by molar-refractivity contribution is -0.116. The summed E-state index contributed by atoms with van der Waals surface area (Å²) >= 11 is 0. The molecule has 0 bridgehead atoms. The Labute approximate surface area is 78.2 Å². The highest BCUT2D eigenvalue weighted by Gasteiger charge is 1.99. The van der Waals surface area contributed by atoms with Gasteiger partial charge in [-0.1, -0.05) is 12.1 Å². The number of carbonyl (C=O) groups is 1. The molecule has 2 nitrogen and oxygen atoms in total. The number of hydrogen-bond donors (Lipinski definition) is 1. The molecule has 13 heavy (non-hydrogen) atoms. The van der Waals surface area contributed by atoms with Gasteiger partial charge in [0.1, 0.15) is 11.5 Å². The molecule has 0 aromatic heterocycles. The summed E-state index contributed by atoms with van der Waals surface area (Å²) in [6.07, 6.45) is 1.33. The maximum Gasteiger partial charge on any atom is 0.130 e. The lowest BCUT2D eigenvalue weighted by atomic mass is 10.1. The van der Waals surface area contributed by atoms with E-state index < -0.39 is 0 Å². The largest absolute Gasteiger partial charge is 0.508 e. The zero-order valence-corrected chi connectivity index (χ0v) is 8.00. The van der Waals surface area contributed by atoms with Crippen LogP contribution in [0.3, 0.4) is 0 Å². The number of hydrogen-bond acceptors (Lipinski definition) is 2. The Hall–Kier alpha value is -1.31. The van der Waals surface area contributed by atoms with Crippen LogP contribution in [0.2, 0.25) is 0 Å². The molecule has 1 aromatic rings. The van der Waals surface area contributed by atoms with E-state index in [1.165, 1.54) is 0 Å². The van der Waals surface area contributed by atoms with Gasteiger partial charge in [0, 0.05) is 6.42 Å². The Balaban J connectivity index is 2.68. The van der Waals surface area contributed by atoms with E-state index in [0.717, 1.165) is 17.5 Å². The first-order chi connectivity index (χ1) is 6.09. The van der Waals surface area contributed by atoms with Crippen molar-refractivity contribution in [3.05, 3.63) is 29.3 Å². The van der Waals surface area contributed by atoms with Crippen LogP contribution in [0.15, 0.2) is 18.2 Å². The van der Waals surface area contributed by atoms with Crippen LogP contribution in [0, 0.1) is 6.92 Å². The first-order valence-corrected chi connectivity index (χ1v) is 4.37. The average Bonchev–Trinajstić information content (AvgIpc) is 2.07. The Morgan fingerprint density at radius 2 is 2.15 bits per heavy atom. The minimum atomic E-state index is 0.200. The molecule has 1 aromatic carbocycles. The fourth-order valence-corrected chi connectivity index (χ4v) is 1.19. The van der Waals surface area contributed by atoms with Crippen molar-refractivity contribution in [2.45, 2.75) is 26.7 Å². The maximum atomic E-state index is 10.7. The molecule has 70 valence electrons. The van der Waals surface area contributed by atoms with Gasteiger partial charge in [0.05, 0.1) is 0 Å². The third kappa shape index (κ3) is 2.90. The lowest BCUT2D eigenvalue weighted by Gasteiger charge is -2.02. The van der Waals surface area contributed by atoms with Crippen LogP contribution in [0.4, 0.5) is 0 Å². The molecule has 0 aliphatic heterocycles. The molecule has 0 heterocycles. The highest BCUT2D eigenvalue weighted by molar-refractivity contribution is 5.75. The van der Waals surface area contributed by atoms with Gasteiger partial charge >= 0.3 is 0 Å². The number of aryl methyl sites for hydroxylation is 2. The number of aromatic hydroxyl groups is 1. The number of benzene rings is 1. The summed E-state index contributed by atoms with van der Waals surface area (Å²) < 4.78 is 0. The summed E-state index contributed by atoms with van der Waals surface area (Å²) in [5.74, 6) is 0.511. The van der Waals surface area contributed by atoms with Gasteiger partial charge in [-0.3, -0.25) is 0 Å². The average molecular weight is 178 g/mol. The van der Waals surface area contributed by atoms with Crippen LogP contribution in [-0.2, 0) is 11.2 Å². The molecule has 0 fully saturated rings. The number of ketones is 1. The van der Waals surface area contributed by atoms with Crippen molar-refractivity contribution in [2.24, 2.45) is 0 Å². The Bertz CT molecular complexity index is 316. The van der Waals surface area contributed by atoms with E-state index in [0.29, 0.717) is 12.2 Å². The maximum absolute atomic E-state index is 10.7. The SMILES string of the molecule is CC(=O)CCc1ccc(O)c(C)c1. The Morgan fingerprint density at radius 3 is 2.69 bits per heavy atom. The summed E-state index contributed by atoms with van der Waals surface area (Å²) in [5, 5.41) is 9.25. The summed E-state index contributed by atoms with van der Waals surface area (Å²) in [7, 11) is 0. The number of rotatable bonds is 3. The molecule has 0 aliphatic rings. The van der Waals surface area contributed by atoms with E-state index in [2.05, 4.69) is 0 Å². The lowest BCUT2D eigenvalue weighted by Crippen LogP contribution is -1.94. The zero-order chi connectivity index (χ0) is 9.84. The third-order valence-electron chi connectivity index (χ3n) is 2.03. The van der Waals surface area contributed by atoms with Gasteiger partial charge in [-0.15, -0.1) is 0 Å². The summed E-state index contributed by atoms with van der Waals surface area (Å²) in [6.45, 7) is 3.44. The molecular weight excluding hydrogens is 164 g/mol. The number of Topliss-reactive ketones (excluding diaryl/α,β-unsaturated/α-hetero) is 1. The van der Waals surface area contributed by atoms with Crippen LogP contribution >= 0.6 is 0 Å². The fourth-order valence-electron chi connectivity index (χ4n) is 1.19. The molecule has 0 saturated heterocycles. The van der Waals surface area contributed by atoms with Crippen molar-refractivity contribution in [3.63, 3.8) is 0 Å². The van der Waals surface area contributed by atoms with Crippen molar-refractivity contribution in [2.75, 3.05) is 0 Å². The normalized spacial score (nSPS) is 10.0. The first kappa shape index (κ1) is 9.78. The van der Waals surface area contributed by atoms with Gasteiger partial charge in [-0.2, -0.15) is 0 Å². The van der Waals surface area contributed by atoms with Crippen molar-refractivity contribution in [3.8, 4) is 5.75 Å². The Morgan fingerprint density at radius 1 is 1.46 bits per heavy atom. The van der Waals surface area contributed by atoms with Gasteiger partial charge in [0.15, 0.2) is 0 Å². The van der Waals surface area contributed by atoms with E-state index in [9.17, 15) is 9.90 Å². The molecule has 0 saturated carbocycles. The molecule has 0 spiro atoms. The number of carbonyl (C=O) groups excluding carboxylic acids is 1. The van der Waals surface area contributed by atoms with Gasteiger partial charge in [0.25, 0.3) is 0 Å². The standard InChI is InChI=1S/C11H14O2/c1-8-7-10(4-3-9(2)12)5-6-11(8)13/h5-7,13H,3-4H2,1-2H3. The molecule has 0 aliphatic carbocycles. The molecule has 0 radical (unpaired) electrons. The van der Waals surface area contributed by atoms with E-state index in [-0.39, 0.29) is 5.78 Å². The van der Waals surface area contributed by atoms with Crippen LogP contribution < -0.4 is 0 Å².